The summed E-state index contributed by atoms with van der Waals surface area (Å²) >= 11 is 0. The Balaban J connectivity index is 2.06. The molecule has 0 aliphatic rings. The second kappa shape index (κ2) is 19.0. The van der Waals surface area contributed by atoms with E-state index in [2.05, 4.69) is 34.4 Å². The van der Waals surface area contributed by atoms with E-state index < -0.39 is 14.2 Å². The number of aromatic nitrogens is 2. The van der Waals surface area contributed by atoms with Crippen molar-refractivity contribution in [3.8, 4) is 0 Å². The van der Waals surface area contributed by atoms with Crippen LogP contribution in [0.1, 0.15) is 103 Å². The van der Waals surface area contributed by atoms with Gasteiger partial charge in [-0.1, -0.05) is 51.2 Å². The number of aromatic amines is 1. The first-order valence-corrected chi connectivity index (χ1v) is 14.4. The summed E-state index contributed by atoms with van der Waals surface area (Å²) < 4.78 is 4.72. The zero-order valence-electron chi connectivity index (χ0n) is 20.3. The predicted molar refractivity (Wildman–Crippen MR) is 135 cm³/mol. The van der Waals surface area contributed by atoms with Crippen molar-refractivity contribution in [3.63, 3.8) is 0 Å². The molecule has 1 atom stereocenters. The van der Waals surface area contributed by atoms with Crippen LogP contribution in [0.3, 0.4) is 0 Å². The third-order valence-electron chi connectivity index (χ3n) is 5.52. The summed E-state index contributed by atoms with van der Waals surface area (Å²) in [6.45, 7) is 2.06. The number of amides is 1. The van der Waals surface area contributed by atoms with Gasteiger partial charge < -0.3 is 0 Å². The number of hydrogen-bond acceptors (Lipinski definition) is 6. The Kier molecular flexibility index (Phi) is 17.2. The topological polar surface area (TPSA) is 128 Å². The average molecular weight is 488 g/mol. The van der Waals surface area contributed by atoms with Gasteiger partial charge in [0, 0.05) is 0 Å². The number of rotatable bonds is 21. The fourth-order valence-corrected chi connectivity index (χ4v) is 4.10. The molecule has 0 saturated heterocycles. The fourth-order valence-electron chi connectivity index (χ4n) is 3.68. The van der Waals surface area contributed by atoms with E-state index in [9.17, 15) is 4.79 Å². The van der Waals surface area contributed by atoms with E-state index in [-0.39, 0.29) is 12.5 Å². The Hall–Kier alpha value is -1.31. The summed E-state index contributed by atoms with van der Waals surface area (Å²) in [5, 5.41) is 2.84. The SMILES string of the molecule is CCCCCCCC/C=C\CCCCCCCC(=O)N[C@H](CO[PH](O)(O)O)Cc1c[nH]cn1. The van der Waals surface area contributed by atoms with Gasteiger partial charge in [-0.15, -0.1) is 0 Å². The number of unbranched alkanes of at least 4 members (excludes halogenated alkanes) is 11. The van der Waals surface area contributed by atoms with Crippen molar-refractivity contribution in [1.29, 1.82) is 0 Å². The quantitative estimate of drug-likeness (QED) is 0.0955. The van der Waals surface area contributed by atoms with Gasteiger partial charge in [0.25, 0.3) is 0 Å². The van der Waals surface area contributed by atoms with Crippen molar-refractivity contribution < 1.29 is 24.0 Å². The van der Waals surface area contributed by atoms with E-state index in [4.69, 9.17) is 19.2 Å². The molecule has 0 aliphatic carbocycles. The Labute approximate surface area is 199 Å². The van der Waals surface area contributed by atoms with Gasteiger partial charge >= 0.3 is 136 Å². The van der Waals surface area contributed by atoms with E-state index in [1.807, 2.05) is 0 Å². The van der Waals surface area contributed by atoms with E-state index in [1.54, 1.807) is 6.20 Å². The van der Waals surface area contributed by atoms with E-state index in [1.165, 1.54) is 64.1 Å². The third-order valence-corrected chi connectivity index (χ3v) is 6.07. The zero-order valence-corrected chi connectivity index (χ0v) is 21.3. The molecule has 0 saturated carbocycles. The van der Waals surface area contributed by atoms with Crippen molar-refractivity contribution in [2.45, 2.75) is 109 Å². The number of H-pyrrole nitrogens is 1. The molecular formula is C24H46N3O5P. The normalized spacial score (nSPS) is 13.5. The first-order chi connectivity index (χ1) is 15.9. The number of allylic oxidation sites excluding steroid dienone is 2. The maximum atomic E-state index is 12.3. The van der Waals surface area contributed by atoms with Gasteiger partial charge in [-0.25, -0.2) is 0 Å². The molecule has 33 heavy (non-hydrogen) atoms. The third kappa shape index (κ3) is 18.8. The minimum absolute atomic E-state index is 0.113. The summed E-state index contributed by atoms with van der Waals surface area (Å²) in [5.74, 6) is -0.113. The van der Waals surface area contributed by atoms with Gasteiger partial charge in [0.05, 0.1) is 0 Å². The molecular weight excluding hydrogens is 441 g/mol. The fraction of sp³-hybridized carbons (Fsp3) is 0.750. The van der Waals surface area contributed by atoms with Crippen LogP contribution < -0.4 is 5.32 Å². The summed E-state index contributed by atoms with van der Waals surface area (Å²) in [5.41, 5.74) is 0.714. The molecule has 0 bridgehead atoms. The summed E-state index contributed by atoms with van der Waals surface area (Å²) in [4.78, 5) is 46.4. The molecule has 0 fully saturated rings. The van der Waals surface area contributed by atoms with Crippen molar-refractivity contribution in [2.24, 2.45) is 0 Å². The van der Waals surface area contributed by atoms with Crippen LogP contribution in [0, 0.1) is 0 Å². The Bertz CT molecular complexity index is 620. The molecule has 0 aromatic carbocycles. The first kappa shape index (κ1) is 29.7. The number of carbonyl (C=O) groups excluding carboxylic acids is 1. The molecule has 0 unspecified atom stereocenters. The molecule has 0 spiro atoms. The van der Waals surface area contributed by atoms with Crippen LogP contribution >= 0.6 is 8.17 Å². The minimum atomic E-state index is -4.62. The number of hydrogen-bond donors (Lipinski definition) is 5. The molecule has 1 aromatic heterocycles. The molecule has 192 valence electrons. The molecule has 9 heteroatoms. The van der Waals surface area contributed by atoms with Crippen LogP contribution in [0.5, 0.6) is 0 Å². The average Bonchev–Trinajstić information content (AvgIpc) is 3.27. The van der Waals surface area contributed by atoms with Gasteiger partial charge in [-0.3, -0.25) is 0 Å². The summed E-state index contributed by atoms with van der Waals surface area (Å²) in [6, 6.07) is -0.498. The van der Waals surface area contributed by atoms with Crippen molar-refractivity contribution >= 4 is 14.1 Å². The Morgan fingerprint density at radius 1 is 1.03 bits per heavy atom. The van der Waals surface area contributed by atoms with Gasteiger partial charge in [0.15, 0.2) is 0 Å². The molecule has 1 aromatic rings. The molecule has 1 amide bonds. The van der Waals surface area contributed by atoms with Crippen LogP contribution in [0.4, 0.5) is 0 Å². The van der Waals surface area contributed by atoms with Crippen molar-refractivity contribution in [1.82, 2.24) is 15.3 Å². The number of carbonyl (C=O) groups is 1. The molecule has 1 rings (SSSR count). The summed E-state index contributed by atoms with van der Waals surface area (Å²) in [7, 11) is -4.62. The number of nitrogens with one attached hydrogen (secondary N) is 2. The van der Waals surface area contributed by atoms with Crippen LogP contribution in [-0.2, 0) is 15.7 Å². The maximum absolute atomic E-state index is 12.3. The zero-order chi connectivity index (χ0) is 24.2. The monoisotopic (exact) mass is 487 g/mol. The molecule has 0 radical (unpaired) electrons. The summed E-state index contributed by atoms with van der Waals surface area (Å²) in [6.07, 6.45) is 24.4. The second-order valence-corrected chi connectivity index (χ2v) is 10.2. The standard InChI is InChI=1S/C24H46N3O5P/c1-2-3-4-5-6-7-8-9-10-11-12-13-14-15-16-17-24(28)27-23(20-32-33(29,30)31)18-22-19-25-21-26-22/h9-10,19,21,23,29-31,33H,2-8,11-18,20H2,1H3,(H,25,26)(H,27,28)/b10-9-/t23-/m0/s1. The number of nitrogens with zero attached hydrogens (tertiary/aromatic N) is 1. The van der Waals surface area contributed by atoms with Gasteiger partial charge in [0.1, 0.15) is 0 Å². The van der Waals surface area contributed by atoms with Crippen LogP contribution in [-0.4, -0.2) is 43.2 Å². The first-order valence-electron chi connectivity index (χ1n) is 12.6. The van der Waals surface area contributed by atoms with Crippen LogP contribution in [0.25, 0.3) is 0 Å². The molecule has 5 N–H and O–H groups in total. The molecule has 8 nitrogen and oxygen atoms in total. The van der Waals surface area contributed by atoms with Gasteiger partial charge in [-0.2, -0.15) is 0 Å². The van der Waals surface area contributed by atoms with E-state index in [0.29, 0.717) is 18.5 Å². The number of imidazole rings is 1. The second-order valence-electron chi connectivity index (χ2n) is 8.75. The van der Waals surface area contributed by atoms with E-state index >= 15 is 0 Å². The predicted octanol–water partition coefficient (Wildman–Crippen LogP) is 4.88. The Morgan fingerprint density at radius 2 is 1.64 bits per heavy atom. The van der Waals surface area contributed by atoms with E-state index in [0.717, 1.165) is 25.7 Å². The van der Waals surface area contributed by atoms with Crippen molar-refractivity contribution in [2.75, 3.05) is 6.61 Å². The van der Waals surface area contributed by atoms with Crippen LogP contribution in [0.2, 0.25) is 0 Å². The van der Waals surface area contributed by atoms with Gasteiger partial charge in [0.2, 0.25) is 0 Å². The van der Waals surface area contributed by atoms with Gasteiger partial charge in [-0.05, 0) is 12.8 Å². The van der Waals surface area contributed by atoms with Crippen LogP contribution in [0.15, 0.2) is 24.7 Å². The van der Waals surface area contributed by atoms with Crippen molar-refractivity contribution in [3.05, 3.63) is 30.4 Å². The Morgan fingerprint density at radius 3 is 2.21 bits per heavy atom. The molecule has 1 heterocycles. The molecule has 0 aliphatic heterocycles.